The van der Waals surface area contributed by atoms with Crippen molar-refractivity contribution in [3.8, 4) is 0 Å². The summed E-state index contributed by atoms with van der Waals surface area (Å²) < 4.78 is 4.69. The first-order valence-corrected chi connectivity index (χ1v) is 7.64. The van der Waals surface area contributed by atoms with Crippen molar-refractivity contribution in [1.29, 1.82) is 0 Å². The molecular formula is C17H21NO3. The molecule has 0 spiro atoms. The lowest BCUT2D eigenvalue weighted by Crippen LogP contribution is -2.20. The van der Waals surface area contributed by atoms with Crippen LogP contribution in [0.2, 0.25) is 0 Å². The molecule has 3 rings (SSSR count). The maximum absolute atomic E-state index is 12.2. The summed E-state index contributed by atoms with van der Waals surface area (Å²) in [5, 5.41) is 2.90. The second-order valence-electron chi connectivity index (χ2n) is 6.26. The molecule has 1 amide bonds. The predicted octanol–water partition coefficient (Wildman–Crippen LogP) is 3.24. The lowest BCUT2D eigenvalue weighted by Gasteiger charge is -2.20. The topological polar surface area (TPSA) is 55.4 Å². The van der Waals surface area contributed by atoms with E-state index in [0.29, 0.717) is 23.6 Å². The van der Waals surface area contributed by atoms with Gasteiger partial charge in [-0.3, -0.25) is 4.79 Å². The molecule has 1 aromatic carbocycles. The molecule has 4 nitrogen and oxygen atoms in total. The van der Waals surface area contributed by atoms with Crippen molar-refractivity contribution in [1.82, 2.24) is 0 Å². The third-order valence-electron chi connectivity index (χ3n) is 4.90. The second kappa shape index (κ2) is 5.88. The number of hydrogen-bond acceptors (Lipinski definition) is 3. The molecule has 0 aromatic heterocycles. The molecule has 3 atom stereocenters. The number of amides is 1. The van der Waals surface area contributed by atoms with Gasteiger partial charge in [0, 0.05) is 12.1 Å². The fourth-order valence-corrected chi connectivity index (χ4v) is 3.92. The fourth-order valence-electron chi connectivity index (χ4n) is 3.92. The lowest BCUT2D eigenvalue weighted by atomic mass is 9.86. The van der Waals surface area contributed by atoms with E-state index in [0.717, 1.165) is 11.8 Å². The SMILES string of the molecule is COC(=O)c1cccc(NC(=O)C[C@@H]2C[C@H]3CC[C@H]2C3)c1. The summed E-state index contributed by atoms with van der Waals surface area (Å²) in [6.07, 6.45) is 5.77. The largest absolute Gasteiger partial charge is 0.465 e. The highest BCUT2D eigenvalue weighted by atomic mass is 16.5. The van der Waals surface area contributed by atoms with Gasteiger partial charge in [0.05, 0.1) is 12.7 Å². The lowest BCUT2D eigenvalue weighted by molar-refractivity contribution is -0.117. The Hall–Kier alpha value is -1.84. The highest BCUT2D eigenvalue weighted by Gasteiger charge is 2.40. The minimum Gasteiger partial charge on any atom is -0.465 e. The summed E-state index contributed by atoms with van der Waals surface area (Å²) in [6, 6.07) is 6.88. The molecule has 2 aliphatic rings. The smallest absolute Gasteiger partial charge is 0.337 e. The van der Waals surface area contributed by atoms with Gasteiger partial charge in [0.1, 0.15) is 0 Å². The van der Waals surface area contributed by atoms with Crippen molar-refractivity contribution in [3.05, 3.63) is 29.8 Å². The third kappa shape index (κ3) is 3.09. The van der Waals surface area contributed by atoms with E-state index >= 15 is 0 Å². The normalized spacial score (nSPS) is 26.6. The third-order valence-corrected chi connectivity index (χ3v) is 4.90. The van der Waals surface area contributed by atoms with Crippen molar-refractivity contribution < 1.29 is 14.3 Å². The van der Waals surface area contributed by atoms with Crippen LogP contribution in [0, 0.1) is 17.8 Å². The molecule has 112 valence electrons. The minimum absolute atomic E-state index is 0.0505. The first kappa shape index (κ1) is 14.1. The Morgan fingerprint density at radius 3 is 2.81 bits per heavy atom. The number of anilines is 1. The Balaban J connectivity index is 1.58. The van der Waals surface area contributed by atoms with E-state index in [2.05, 4.69) is 10.1 Å². The molecule has 2 aliphatic carbocycles. The molecule has 1 aromatic rings. The molecule has 4 heteroatoms. The van der Waals surface area contributed by atoms with Crippen molar-refractivity contribution in [2.75, 3.05) is 12.4 Å². The van der Waals surface area contributed by atoms with Crippen LogP contribution in [0.3, 0.4) is 0 Å². The van der Waals surface area contributed by atoms with Gasteiger partial charge < -0.3 is 10.1 Å². The van der Waals surface area contributed by atoms with Gasteiger partial charge in [-0.05, 0) is 55.2 Å². The fraction of sp³-hybridized carbons (Fsp3) is 0.529. The number of methoxy groups -OCH3 is 1. The summed E-state index contributed by atoms with van der Waals surface area (Å²) in [5.41, 5.74) is 1.11. The zero-order valence-corrected chi connectivity index (χ0v) is 12.3. The Morgan fingerprint density at radius 2 is 2.14 bits per heavy atom. The van der Waals surface area contributed by atoms with Crippen molar-refractivity contribution in [3.63, 3.8) is 0 Å². The molecule has 2 saturated carbocycles. The van der Waals surface area contributed by atoms with Crippen LogP contribution in [0.4, 0.5) is 5.69 Å². The molecule has 2 bridgehead atoms. The van der Waals surface area contributed by atoms with E-state index in [4.69, 9.17) is 0 Å². The summed E-state index contributed by atoms with van der Waals surface area (Å²) >= 11 is 0. The van der Waals surface area contributed by atoms with Gasteiger partial charge in [-0.25, -0.2) is 4.79 Å². The average molecular weight is 287 g/mol. The summed E-state index contributed by atoms with van der Waals surface area (Å²) in [4.78, 5) is 23.7. The van der Waals surface area contributed by atoms with Gasteiger partial charge in [0.25, 0.3) is 0 Å². The average Bonchev–Trinajstić information content (AvgIpc) is 3.09. The summed E-state index contributed by atoms with van der Waals surface area (Å²) in [7, 11) is 1.35. The van der Waals surface area contributed by atoms with Crippen LogP contribution in [-0.4, -0.2) is 19.0 Å². The van der Waals surface area contributed by atoms with Crippen LogP contribution in [0.25, 0.3) is 0 Å². The Bertz CT molecular complexity index is 555. The van der Waals surface area contributed by atoms with Crippen molar-refractivity contribution in [2.24, 2.45) is 17.8 Å². The molecule has 0 aliphatic heterocycles. The van der Waals surface area contributed by atoms with Crippen LogP contribution in [0.5, 0.6) is 0 Å². The van der Waals surface area contributed by atoms with Crippen molar-refractivity contribution in [2.45, 2.75) is 32.1 Å². The molecule has 0 saturated heterocycles. The second-order valence-corrected chi connectivity index (χ2v) is 6.26. The molecule has 1 N–H and O–H groups in total. The Kier molecular flexibility index (Phi) is 3.95. The molecule has 0 heterocycles. The van der Waals surface area contributed by atoms with Gasteiger partial charge in [0.2, 0.25) is 5.91 Å². The predicted molar refractivity (Wildman–Crippen MR) is 80.0 cm³/mol. The molecule has 0 radical (unpaired) electrons. The van der Waals surface area contributed by atoms with E-state index in [9.17, 15) is 9.59 Å². The first-order chi connectivity index (χ1) is 10.2. The summed E-state index contributed by atoms with van der Waals surface area (Å²) in [5.74, 6) is 1.82. The number of benzene rings is 1. The zero-order chi connectivity index (χ0) is 14.8. The number of ether oxygens (including phenoxy) is 1. The van der Waals surface area contributed by atoms with E-state index in [1.807, 2.05) is 0 Å². The number of esters is 1. The van der Waals surface area contributed by atoms with Gasteiger partial charge in [-0.15, -0.1) is 0 Å². The standard InChI is InChI=1S/C17H21NO3/c1-21-17(20)13-3-2-4-15(9-13)18-16(19)10-14-8-11-5-6-12(14)7-11/h2-4,9,11-12,14H,5-8,10H2,1H3,(H,18,19)/t11-,12-,14-/m0/s1. The maximum Gasteiger partial charge on any atom is 0.337 e. The van der Waals surface area contributed by atoms with Gasteiger partial charge in [0.15, 0.2) is 0 Å². The Labute approximate surface area is 124 Å². The van der Waals surface area contributed by atoms with Crippen LogP contribution < -0.4 is 5.32 Å². The Morgan fingerprint density at radius 1 is 1.29 bits per heavy atom. The highest BCUT2D eigenvalue weighted by molar-refractivity contribution is 5.94. The molecule has 21 heavy (non-hydrogen) atoms. The van der Waals surface area contributed by atoms with E-state index in [1.165, 1.54) is 32.8 Å². The number of nitrogens with one attached hydrogen (secondary N) is 1. The maximum atomic E-state index is 12.2. The zero-order valence-electron chi connectivity index (χ0n) is 12.3. The van der Waals surface area contributed by atoms with Gasteiger partial charge in [-0.2, -0.15) is 0 Å². The van der Waals surface area contributed by atoms with Crippen LogP contribution in [0.15, 0.2) is 24.3 Å². The van der Waals surface area contributed by atoms with Crippen LogP contribution >= 0.6 is 0 Å². The molecular weight excluding hydrogens is 266 g/mol. The first-order valence-electron chi connectivity index (χ1n) is 7.64. The number of rotatable bonds is 4. The van der Waals surface area contributed by atoms with E-state index in [1.54, 1.807) is 24.3 Å². The number of hydrogen-bond donors (Lipinski definition) is 1. The quantitative estimate of drug-likeness (QED) is 0.865. The van der Waals surface area contributed by atoms with Gasteiger partial charge in [-0.1, -0.05) is 12.5 Å². The number of fused-ring (bicyclic) bond motifs is 2. The number of carbonyl (C=O) groups is 2. The summed E-state index contributed by atoms with van der Waals surface area (Å²) in [6.45, 7) is 0. The number of carbonyl (C=O) groups excluding carboxylic acids is 2. The minimum atomic E-state index is -0.390. The molecule has 0 unspecified atom stereocenters. The molecule has 2 fully saturated rings. The van der Waals surface area contributed by atoms with Crippen LogP contribution in [0.1, 0.15) is 42.5 Å². The monoisotopic (exact) mass is 287 g/mol. The highest BCUT2D eigenvalue weighted by Crippen LogP contribution is 2.49. The van der Waals surface area contributed by atoms with E-state index in [-0.39, 0.29) is 11.9 Å². The van der Waals surface area contributed by atoms with E-state index < -0.39 is 0 Å². The van der Waals surface area contributed by atoms with Crippen LogP contribution in [-0.2, 0) is 9.53 Å². The van der Waals surface area contributed by atoms with Crippen molar-refractivity contribution >= 4 is 17.6 Å². The van der Waals surface area contributed by atoms with Gasteiger partial charge >= 0.3 is 5.97 Å².